The molecule has 0 aliphatic rings. The van der Waals surface area contributed by atoms with Gasteiger partial charge in [0.1, 0.15) is 12.0 Å². The van der Waals surface area contributed by atoms with Gasteiger partial charge in [0.25, 0.3) is 11.2 Å². The number of nitro groups is 1. The first-order chi connectivity index (χ1) is 8.97. The van der Waals surface area contributed by atoms with Crippen molar-refractivity contribution in [3.8, 4) is 0 Å². The molecule has 1 N–H and O–H groups in total. The lowest BCUT2D eigenvalue weighted by Gasteiger charge is -2.04. The third-order valence-corrected chi connectivity index (χ3v) is 2.34. The van der Waals surface area contributed by atoms with Gasteiger partial charge in [-0.15, -0.1) is 0 Å². The number of hydrogen-bond acceptors (Lipinski definition) is 5. The van der Waals surface area contributed by atoms with Gasteiger partial charge in [0.15, 0.2) is 0 Å². The third-order valence-electron chi connectivity index (χ3n) is 2.34. The Morgan fingerprint density at radius 3 is 2.79 bits per heavy atom. The lowest BCUT2D eigenvalue weighted by molar-refractivity contribution is -0.385. The van der Waals surface area contributed by atoms with Crippen molar-refractivity contribution in [3.05, 3.63) is 66.7 Å². The summed E-state index contributed by atoms with van der Waals surface area (Å²) in [7, 11) is 0. The molecule has 0 radical (unpaired) electrons. The highest BCUT2D eigenvalue weighted by Crippen LogP contribution is 2.16. The molecule has 0 spiro atoms. The van der Waals surface area contributed by atoms with Gasteiger partial charge in [0.2, 0.25) is 0 Å². The van der Waals surface area contributed by atoms with E-state index in [9.17, 15) is 24.1 Å². The Hall–Kier alpha value is -2.84. The maximum atomic E-state index is 13.5. The fourth-order valence-corrected chi connectivity index (χ4v) is 1.45. The van der Waals surface area contributed by atoms with Crippen LogP contribution in [0.4, 0.5) is 10.1 Å². The van der Waals surface area contributed by atoms with E-state index in [1.807, 2.05) is 4.98 Å². The maximum Gasteiger partial charge on any atom is 0.345 e. The number of H-pyrrole nitrogens is 1. The third kappa shape index (κ3) is 2.70. The van der Waals surface area contributed by atoms with E-state index in [-0.39, 0.29) is 17.8 Å². The van der Waals surface area contributed by atoms with Gasteiger partial charge in [0, 0.05) is 17.7 Å². The molecule has 98 valence electrons. The first-order valence-corrected chi connectivity index (χ1v) is 5.06. The van der Waals surface area contributed by atoms with Crippen LogP contribution in [0, 0.1) is 15.9 Å². The zero-order valence-electron chi connectivity index (χ0n) is 9.37. The monoisotopic (exact) mass is 266 g/mol. The Balaban J connectivity index is 2.42. The molecule has 2 rings (SSSR count). The summed E-state index contributed by atoms with van der Waals surface area (Å²) in [5.41, 5.74) is -1.87. The van der Waals surface area contributed by atoms with Crippen LogP contribution in [0.5, 0.6) is 0 Å². The molecule has 8 nitrogen and oxygen atoms in total. The molecule has 0 aliphatic heterocycles. The standard InChI is InChI=1S/C10H7FN4O4/c11-8-2-1-7(15(18)19)3-6(8)5-14-10(17)13-9(16)4-12-14/h1-4H,5H2,(H,13,16,17). The summed E-state index contributed by atoms with van der Waals surface area (Å²) < 4.78 is 14.3. The second-order valence-corrected chi connectivity index (χ2v) is 3.63. The van der Waals surface area contributed by atoms with Crippen LogP contribution in [0.2, 0.25) is 0 Å². The summed E-state index contributed by atoms with van der Waals surface area (Å²) in [5, 5.41) is 14.1. The van der Waals surface area contributed by atoms with Crippen molar-refractivity contribution < 1.29 is 9.31 Å². The minimum atomic E-state index is -0.821. The van der Waals surface area contributed by atoms with Crippen molar-refractivity contribution >= 4 is 5.69 Å². The highest BCUT2D eigenvalue weighted by molar-refractivity contribution is 5.35. The summed E-state index contributed by atoms with van der Waals surface area (Å²) >= 11 is 0. The normalized spacial score (nSPS) is 10.4. The van der Waals surface area contributed by atoms with Gasteiger partial charge in [-0.3, -0.25) is 19.9 Å². The van der Waals surface area contributed by atoms with E-state index in [1.165, 1.54) is 0 Å². The van der Waals surface area contributed by atoms with E-state index in [4.69, 9.17) is 0 Å². The van der Waals surface area contributed by atoms with Crippen LogP contribution >= 0.6 is 0 Å². The number of halogens is 1. The number of nitrogens with zero attached hydrogens (tertiary/aromatic N) is 3. The molecule has 0 unspecified atom stereocenters. The van der Waals surface area contributed by atoms with Crippen LogP contribution in [-0.2, 0) is 6.54 Å². The quantitative estimate of drug-likeness (QED) is 0.622. The zero-order valence-corrected chi connectivity index (χ0v) is 9.37. The molecule has 0 bridgehead atoms. The largest absolute Gasteiger partial charge is 0.345 e. The molecule has 0 amide bonds. The first-order valence-electron chi connectivity index (χ1n) is 5.06. The molecular weight excluding hydrogens is 259 g/mol. The van der Waals surface area contributed by atoms with Crippen LogP contribution in [0.3, 0.4) is 0 Å². The number of rotatable bonds is 3. The number of hydrogen-bond donors (Lipinski definition) is 1. The number of aromatic nitrogens is 3. The topological polar surface area (TPSA) is 111 Å². The SMILES string of the molecule is O=c1cnn(Cc2cc([N+](=O)[O-])ccc2F)c(=O)[nH]1. The van der Waals surface area contributed by atoms with Crippen LogP contribution in [0.25, 0.3) is 0 Å². The summed E-state index contributed by atoms with van der Waals surface area (Å²) in [6.07, 6.45) is 0.858. The Morgan fingerprint density at radius 2 is 2.16 bits per heavy atom. The van der Waals surface area contributed by atoms with Crippen molar-refractivity contribution in [2.75, 3.05) is 0 Å². The van der Waals surface area contributed by atoms with Gasteiger partial charge in [-0.1, -0.05) is 0 Å². The van der Waals surface area contributed by atoms with Gasteiger partial charge in [-0.2, -0.15) is 5.10 Å². The maximum absolute atomic E-state index is 13.5. The van der Waals surface area contributed by atoms with Crippen LogP contribution < -0.4 is 11.2 Å². The van der Waals surface area contributed by atoms with Crippen LogP contribution in [0.1, 0.15) is 5.56 Å². The average molecular weight is 266 g/mol. The highest BCUT2D eigenvalue weighted by atomic mass is 19.1. The highest BCUT2D eigenvalue weighted by Gasteiger charge is 2.12. The molecule has 0 fully saturated rings. The molecule has 2 aromatic rings. The molecule has 0 saturated carbocycles. The molecule has 0 aliphatic carbocycles. The molecule has 1 aromatic carbocycles. The average Bonchev–Trinajstić information content (AvgIpc) is 2.34. The zero-order chi connectivity index (χ0) is 14.0. The van der Waals surface area contributed by atoms with Crippen molar-refractivity contribution in [2.45, 2.75) is 6.54 Å². The van der Waals surface area contributed by atoms with Gasteiger partial charge in [-0.05, 0) is 6.07 Å². The predicted molar refractivity (Wildman–Crippen MR) is 61.3 cm³/mol. The number of benzene rings is 1. The molecular formula is C10H7FN4O4. The second kappa shape index (κ2) is 4.80. The number of aromatic amines is 1. The Kier molecular flexibility index (Phi) is 3.19. The van der Waals surface area contributed by atoms with Gasteiger partial charge in [0.05, 0.1) is 11.5 Å². The lowest BCUT2D eigenvalue weighted by Crippen LogP contribution is -2.31. The summed E-state index contributed by atoms with van der Waals surface area (Å²) in [5.74, 6) is -0.703. The minimum absolute atomic E-state index is 0.0733. The van der Waals surface area contributed by atoms with Crippen molar-refractivity contribution in [2.24, 2.45) is 0 Å². The molecule has 0 atom stereocenters. The minimum Gasteiger partial charge on any atom is -0.271 e. The first kappa shape index (κ1) is 12.6. The number of nitrogens with one attached hydrogen (secondary N) is 1. The fraction of sp³-hybridized carbons (Fsp3) is 0.100. The summed E-state index contributed by atoms with van der Waals surface area (Å²) in [6, 6.07) is 2.96. The Labute approximate surface area is 104 Å². The van der Waals surface area contributed by atoms with Gasteiger partial charge >= 0.3 is 5.69 Å². The van der Waals surface area contributed by atoms with Gasteiger partial charge < -0.3 is 0 Å². The fourth-order valence-electron chi connectivity index (χ4n) is 1.45. The van der Waals surface area contributed by atoms with Crippen molar-refractivity contribution in [3.63, 3.8) is 0 Å². The van der Waals surface area contributed by atoms with Crippen molar-refractivity contribution in [1.82, 2.24) is 14.8 Å². The predicted octanol–water partition coefficient (Wildman–Crippen LogP) is 0.0272. The van der Waals surface area contributed by atoms with E-state index >= 15 is 0 Å². The molecule has 0 saturated heterocycles. The summed E-state index contributed by atoms with van der Waals surface area (Å²) in [4.78, 5) is 34.0. The van der Waals surface area contributed by atoms with E-state index < -0.39 is 22.0 Å². The van der Waals surface area contributed by atoms with E-state index in [2.05, 4.69) is 5.10 Å². The Morgan fingerprint density at radius 1 is 1.42 bits per heavy atom. The van der Waals surface area contributed by atoms with Crippen molar-refractivity contribution in [1.29, 1.82) is 0 Å². The van der Waals surface area contributed by atoms with Gasteiger partial charge in [-0.25, -0.2) is 13.9 Å². The molecule has 9 heteroatoms. The van der Waals surface area contributed by atoms with E-state index in [1.54, 1.807) is 0 Å². The summed E-state index contributed by atoms with van der Waals surface area (Å²) in [6.45, 7) is -0.316. The van der Waals surface area contributed by atoms with E-state index in [0.717, 1.165) is 29.1 Å². The molecule has 1 aromatic heterocycles. The molecule has 1 heterocycles. The number of non-ortho nitro benzene ring substituents is 1. The Bertz CT molecular complexity index is 752. The van der Waals surface area contributed by atoms with Crippen LogP contribution in [-0.4, -0.2) is 19.7 Å². The number of nitro benzene ring substituents is 1. The van der Waals surface area contributed by atoms with Crippen LogP contribution in [0.15, 0.2) is 34.0 Å². The lowest BCUT2D eigenvalue weighted by atomic mass is 10.2. The van der Waals surface area contributed by atoms with E-state index in [0.29, 0.717) is 0 Å². The second-order valence-electron chi connectivity index (χ2n) is 3.63. The smallest absolute Gasteiger partial charge is 0.271 e. The molecule has 19 heavy (non-hydrogen) atoms.